The molecule has 0 atom stereocenters. The molecule has 0 saturated carbocycles. The number of nitrogens with zero attached hydrogens (tertiary/aromatic N) is 2. The summed E-state index contributed by atoms with van der Waals surface area (Å²) in [5, 5.41) is 10.7. The number of amides is 1. The maximum atomic E-state index is 12.0. The van der Waals surface area contributed by atoms with E-state index >= 15 is 0 Å². The maximum absolute atomic E-state index is 12.0. The van der Waals surface area contributed by atoms with Crippen molar-refractivity contribution in [1.82, 2.24) is 4.90 Å². The molecule has 0 aliphatic carbocycles. The van der Waals surface area contributed by atoms with Crippen molar-refractivity contribution in [3.8, 4) is 5.75 Å². The van der Waals surface area contributed by atoms with Crippen LogP contribution >= 0.6 is 11.6 Å². The molecule has 1 aliphatic rings. The van der Waals surface area contributed by atoms with Crippen LogP contribution in [0.3, 0.4) is 0 Å². The molecule has 1 aliphatic heterocycles. The molecule has 1 aromatic rings. The molecule has 21 heavy (non-hydrogen) atoms. The van der Waals surface area contributed by atoms with E-state index in [9.17, 15) is 14.9 Å². The molecule has 114 valence electrons. The average Bonchev–Trinajstić information content (AvgIpc) is 2.73. The van der Waals surface area contributed by atoms with Gasteiger partial charge in [-0.25, -0.2) is 0 Å². The molecular weight excluding hydrogens is 296 g/mol. The number of hydrogen-bond acceptors (Lipinski definition) is 4. The van der Waals surface area contributed by atoms with E-state index in [0.717, 1.165) is 38.8 Å². The number of benzene rings is 1. The highest BCUT2D eigenvalue weighted by Gasteiger charge is 2.17. The third-order valence-electron chi connectivity index (χ3n) is 3.44. The first-order valence-electron chi connectivity index (χ1n) is 6.92. The Hall–Kier alpha value is -1.82. The van der Waals surface area contributed by atoms with Crippen LogP contribution < -0.4 is 4.74 Å². The zero-order chi connectivity index (χ0) is 15.2. The molecule has 6 nitrogen and oxygen atoms in total. The summed E-state index contributed by atoms with van der Waals surface area (Å²) in [7, 11) is 0. The zero-order valence-electron chi connectivity index (χ0n) is 11.6. The Balaban J connectivity index is 1.91. The largest absolute Gasteiger partial charge is 0.484 e. The Morgan fingerprint density at radius 1 is 1.29 bits per heavy atom. The summed E-state index contributed by atoms with van der Waals surface area (Å²) < 4.78 is 5.38. The molecule has 1 amide bonds. The van der Waals surface area contributed by atoms with E-state index in [1.807, 2.05) is 0 Å². The Kier molecular flexibility index (Phi) is 5.38. The molecule has 1 aromatic carbocycles. The predicted octanol–water partition coefficient (Wildman–Crippen LogP) is 3.03. The number of nitro groups is 1. The summed E-state index contributed by atoms with van der Waals surface area (Å²) in [6, 6.07) is 4.07. The number of ether oxygens (including phenoxy) is 1. The van der Waals surface area contributed by atoms with Crippen LogP contribution in [0.15, 0.2) is 18.2 Å². The maximum Gasteiger partial charge on any atom is 0.288 e. The number of carbonyl (C=O) groups is 1. The van der Waals surface area contributed by atoms with Crippen LogP contribution in [0.1, 0.15) is 25.7 Å². The molecule has 0 radical (unpaired) electrons. The topological polar surface area (TPSA) is 72.7 Å². The third kappa shape index (κ3) is 4.32. The van der Waals surface area contributed by atoms with Crippen molar-refractivity contribution in [2.75, 3.05) is 19.7 Å². The van der Waals surface area contributed by atoms with E-state index in [-0.39, 0.29) is 23.2 Å². The first kappa shape index (κ1) is 15.6. The lowest BCUT2D eigenvalue weighted by molar-refractivity contribution is -0.384. The van der Waals surface area contributed by atoms with Gasteiger partial charge in [0.1, 0.15) is 10.8 Å². The molecule has 0 unspecified atom stereocenters. The van der Waals surface area contributed by atoms with E-state index in [2.05, 4.69) is 0 Å². The summed E-state index contributed by atoms with van der Waals surface area (Å²) in [6.45, 7) is 1.46. The first-order valence-corrected chi connectivity index (χ1v) is 7.30. The predicted molar refractivity (Wildman–Crippen MR) is 78.6 cm³/mol. The van der Waals surface area contributed by atoms with Crippen LogP contribution in [0, 0.1) is 10.1 Å². The van der Waals surface area contributed by atoms with Gasteiger partial charge in [-0.2, -0.15) is 0 Å². The fourth-order valence-corrected chi connectivity index (χ4v) is 2.52. The van der Waals surface area contributed by atoms with Gasteiger partial charge in [0.2, 0.25) is 0 Å². The molecule has 1 fully saturated rings. The lowest BCUT2D eigenvalue weighted by Gasteiger charge is -2.20. The van der Waals surface area contributed by atoms with Crippen molar-refractivity contribution in [1.29, 1.82) is 0 Å². The van der Waals surface area contributed by atoms with Gasteiger partial charge in [0, 0.05) is 25.2 Å². The molecule has 0 N–H and O–H groups in total. The van der Waals surface area contributed by atoms with Crippen molar-refractivity contribution >= 4 is 23.2 Å². The normalized spacial score (nSPS) is 15.4. The quantitative estimate of drug-likeness (QED) is 0.632. The van der Waals surface area contributed by atoms with E-state index in [1.165, 1.54) is 18.2 Å². The highest BCUT2D eigenvalue weighted by Crippen LogP contribution is 2.28. The monoisotopic (exact) mass is 312 g/mol. The van der Waals surface area contributed by atoms with Gasteiger partial charge in [-0.3, -0.25) is 14.9 Å². The molecule has 2 rings (SSSR count). The second-order valence-corrected chi connectivity index (χ2v) is 5.36. The lowest BCUT2D eigenvalue weighted by Crippen LogP contribution is -2.35. The molecule has 1 saturated heterocycles. The van der Waals surface area contributed by atoms with Crippen LogP contribution in [-0.2, 0) is 4.79 Å². The van der Waals surface area contributed by atoms with Gasteiger partial charge in [0.25, 0.3) is 11.6 Å². The Morgan fingerprint density at radius 3 is 2.52 bits per heavy atom. The minimum atomic E-state index is -0.561. The lowest BCUT2D eigenvalue weighted by atomic mass is 10.2. The summed E-state index contributed by atoms with van der Waals surface area (Å²) in [5.41, 5.74) is -0.178. The Morgan fingerprint density at radius 2 is 1.95 bits per heavy atom. The Bertz CT molecular complexity index is 528. The van der Waals surface area contributed by atoms with Gasteiger partial charge in [0.15, 0.2) is 6.61 Å². The molecule has 0 spiro atoms. The van der Waals surface area contributed by atoms with Gasteiger partial charge in [-0.05, 0) is 18.9 Å². The van der Waals surface area contributed by atoms with Crippen molar-refractivity contribution < 1.29 is 14.5 Å². The van der Waals surface area contributed by atoms with Gasteiger partial charge in [0.05, 0.1) is 4.92 Å². The number of rotatable bonds is 4. The van der Waals surface area contributed by atoms with Gasteiger partial charge in [-0.15, -0.1) is 0 Å². The van der Waals surface area contributed by atoms with Crippen LogP contribution in [0.2, 0.25) is 5.02 Å². The van der Waals surface area contributed by atoms with Gasteiger partial charge < -0.3 is 9.64 Å². The SMILES string of the molecule is O=C(COc1ccc([N+](=O)[O-])c(Cl)c1)N1CCCCCC1. The van der Waals surface area contributed by atoms with Gasteiger partial charge in [-0.1, -0.05) is 24.4 Å². The second-order valence-electron chi connectivity index (χ2n) is 4.95. The Labute approximate surface area is 127 Å². The molecule has 0 aromatic heterocycles. The fourth-order valence-electron chi connectivity index (χ4n) is 2.28. The van der Waals surface area contributed by atoms with Crippen LogP contribution in [0.5, 0.6) is 5.75 Å². The van der Waals surface area contributed by atoms with Crippen molar-refractivity contribution in [2.45, 2.75) is 25.7 Å². The number of likely N-dealkylation sites (tertiary alicyclic amines) is 1. The van der Waals surface area contributed by atoms with Crippen LogP contribution in [0.25, 0.3) is 0 Å². The van der Waals surface area contributed by atoms with E-state index < -0.39 is 4.92 Å². The van der Waals surface area contributed by atoms with E-state index in [0.29, 0.717) is 5.75 Å². The van der Waals surface area contributed by atoms with Crippen molar-refractivity contribution in [3.05, 3.63) is 33.3 Å². The summed E-state index contributed by atoms with van der Waals surface area (Å²) >= 11 is 5.79. The summed E-state index contributed by atoms with van der Waals surface area (Å²) in [4.78, 5) is 23.9. The minimum absolute atomic E-state index is 0.000258. The van der Waals surface area contributed by atoms with E-state index in [4.69, 9.17) is 16.3 Å². The second kappa shape index (κ2) is 7.26. The standard InChI is InChI=1S/C14H17ClN2O4/c15-12-9-11(5-6-13(12)17(19)20)21-10-14(18)16-7-3-1-2-4-8-16/h5-6,9H,1-4,7-8,10H2. The number of nitro benzene ring substituents is 1. The molecular formula is C14H17ClN2O4. The highest BCUT2D eigenvalue weighted by molar-refractivity contribution is 6.32. The summed E-state index contributed by atoms with van der Waals surface area (Å²) in [5.74, 6) is 0.292. The fraction of sp³-hybridized carbons (Fsp3) is 0.500. The number of halogens is 1. The zero-order valence-corrected chi connectivity index (χ0v) is 12.3. The summed E-state index contributed by atoms with van der Waals surface area (Å²) in [6.07, 6.45) is 4.36. The third-order valence-corrected chi connectivity index (χ3v) is 3.74. The molecule has 1 heterocycles. The molecule has 7 heteroatoms. The van der Waals surface area contributed by atoms with Gasteiger partial charge >= 0.3 is 0 Å². The first-order chi connectivity index (χ1) is 10.1. The highest BCUT2D eigenvalue weighted by atomic mass is 35.5. The van der Waals surface area contributed by atoms with Crippen LogP contribution in [-0.4, -0.2) is 35.4 Å². The van der Waals surface area contributed by atoms with Crippen molar-refractivity contribution in [2.24, 2.45) is 0 Å². The van der Waals surface area contributed by atoms with E-state index in [1.54, 1.807) is 4.90 Å². The smallest absolute Gasteiger partial charge is 0.288 e. The van der Waals surface area contributed by atoms with Crippen molar-refractivity contribution in [3.63, 3.8) is 0 Å². The van der Waals surface area contributed by atoms with Crippen LogP contribution in [0.4, 0.5) is 5.69 Å². The molecule has 0 bridgehead atoms. The minimum Gasteiger partial charge on any atom is -0.484 e. The number of carbonyl (C=O) groups excluding carboxylic acids is 1. The average molecular weight is 313 g/mol. The number of hydrogen-bond donors (Lipinski definition) is 0.